The summed E-state index contributed by atoms with van der Waals surface area (Å²) in [6.07, 6.45) is -1.95. The highest BCUT2D eigenvalue weighted by Crippen LogP contribution is 2.50. The summed E-state index contributed by atoms with van der Waals surface area (Å²) in [6.45, 7) is 11.1. The average molecular weight is 636 g/mol. The van der Waals surface area contributed by atoms with E-state index in [0.29, 0.717) is 23.0 Å². The summed E-state index contributed by atoms with van der Waals surface area (Å²) < 4.78 is 47.9. The summed E-state index contributed by atoms with van der Waals surface area (Å²) in [4.78, 5) is 26.7. The van der Waals surface area contributed by atoms with E-state index in [2.05, 4.69) is 16.8 Å². The molecule has 3 aliphatic heterocycles. The molecule has 1 unspecified atom stereocenters. The first-order valence-corrected chi connectivity index (χ1v) is 15.5. The number of carboxylic acid groups (broad SMARTS) is 1. The molecule has 0 aliphatic carbocycles. The Bertz CT molecular complexity index is 1680. The van der Waals surface area contributed by atoms with Gasteiger partial charge >= 0.3 is 12.1 Å². The summed E-state index contributed by atoms with van der Waals surface area (Å²) in [5.74, 6) is -1.14. The number of aliphatic carboxylic acids is 1. The van der Waals surface area contributed by atoms with Crippen LogP contribution in [0.2, 0.25) is 0 Å². The molecule has 3 aliphatic rings. The zero-order valence-electron chi connectivity index (χ0n) is 26.4. The van der Waals surface area contributed by atoms with Crippen molar-refractivity contribution in [1.29, 1.82) is 0 Å². The molecule has 1 atom stereocenters. The highest BCUT2D eigenvalue weighted by molar-refractivity contribution is 6.12. The van der Waals surface area contributed by atoms with Crippen LogP contribution in [0.25, 0.3) is 21.9 Å². The highest BCUT2D eigenvalue weighted by atomic mass is 19.4. The van der Waals surface area contributed by atoms with Gasteiger partial charge in [0.25, 0.3) is 0 Å². The molecule has 244 valence electrons. The van der Waals surface area contributed by atoms with Gasteiger partial charge in [-0.05, 0) is 67.2 Å². The van der Waals surface area contributed by atoms with Gasteiger partial charge in [-0.3, -0.25) is 14.5 Å². The number of aryl methyl sites for hydroxylation is 1. The Kier molecular flexibility index (Phi) is 9.60. The second kappa shape index (κ2) is 13.3. The maximum Gasteiger partial charge on any atom is 0.417 e. The Morgan fingerprint density at radius 3 is 2.35 bits per heavy atom. The van der Waals surface area contributed by atoms with E-state index >= 15 is 0 Å². The monoisotopic (exact) mass is 635 g/mol. The second-order valence-corrected chi connectivity index (χ2v) is 12.5. The van der Waals surface area contributed by atoms with Gasteiger partial charge in [0.05, 0.1) is 24.8 Å². The highest BCUT2D eigenvalue weighted by Gasteiger charge is 2.43. The van der Waals surface area contributed by atoms with Crippen LogP contribution >= 0.6 is 0 Å². The number of likely N-dealkylation sites (tertiary alicyclic amines) is 1. The number of carboxylic acids is 1. The predicted octanol–water partition coefficient (Wildman–Crippen LogP) is 6.66. The van der Waals surface area contributed by atoms with Crippen molar-refractivity contribution in [1.82, 2.24) is 10.2 Å². The van der Waals surface area contributed by atoms with Crippen LogP contribution < -0.4 is 10.2 Å². The standard InChI is InChI=1S/C23H18F3N.C13H22N2O4/c1-14-8-6-11-17-16(14)10-7-12-18(17)21-15(2)27(3)20-13-5-4-9-19(20)22(21)23(24,25)26;1-13(12(18)14-7-11(16)17)3-2-5-15(6-4-13)10-8-19-9-10/h4-13H,2H2,1,3H3;10H,2-9H2,1H3,(H,14,18)(H,16,17). The number of halogens is 3. The Labute approximate surface area is 267 Å². The number of rotatable bonds is 5. The fraction of sp³-hybridized carbons (Fsp3) is 0.389. The first kappa shape index (κ1) is 33.2. The number of para-hydroxylation sites is 1. The molecule has 7 nitrogen and oxygen atoms in total. The lowest BCUT2D eigenvalue weighted by atomic mass is 9.82. The number of hydrogen-bond donors (Lipinski definition) is 2. The summed E-state index contributed by atoms with van der Waals surface area (Å²) in [5.41, 5.74) is 1.67. The van der Waals surface area contributed by atoms with Gasteiger partial charge in [0.15, 0.2) is 0 Å². The van der Waals surface area contributed by atoms with E-state index in [0.717, 1.165) is 61.9 Å². The van der Waals surface area contributed by atoms with Gasteiger partial charge in [0, 0.05) is 35.0 Å². The molecule has 3 heterocycles. The number of allylic oxidation sites excluding steroid dienone is 2. The van der Waals surface area contributed by atoms with Gasteiger partial charge in [0.2, 0.25) is 5.91 Å². The van der Waals surface area contributed by atoms with Crippen molar-refractivity contribution in [3.8, 4) is 0 Å². The molecular weight excluding hydrogens is 595 g/mol. The molecular formula is C36H40F3N3O4. The fourth-order valence-electron chi connectivity index (χ4n) is 6.53. The second-order valence-electron chi connectivity index (χ2n) is 12.5. The molecule has 2 N–H and O–H groups in total. The van der Waals surface area contributed by atoms with Crippen LogP contribution in [0.4, 0.5) is 18.9 Å². The Balaban J connectivity index is 0.000000193. The first-order chi connectivity index (χ1) is 21.8. The maximum atomic E-state index is 14.2. The van der Waals surface area contributed by atoms with E-state index in [9.17, 15) is 22.8 Å². The number of hydrogen-bond acceptors (Lipinski definition) is 5. The van der Waals surface area contributed by atoms with Crippen LogP contribution in [-0.2, 0) is 14.3 Å². The van der Waals surface area contributed by atoms with Crippen molar-refractivity contribution in [2.45, 2.75) is 45.3 Å². The number of nitrogens with zero attached hydrogens (tertiary/aromatic N) is 2. The van der Waals surface area contributed by atoms with Crippen LogP contribution in [0.15, 0.2) is 72.9 Å². The lowest BCUT2D eigenvalue weighted by Crippen LogP contribution is -2.49. The molecule has 3 aromatic rings. The molecule has 0 radical (unpaired) electrons. The van der Waals surface area contributed by atoms with Gasteiger partial charge in [-0.2, -0.15) is 13.2 Å². The van der Waals surface area contributed by atoms with Crippen LogP contribution in [0.5, 0.6) is 0 Å². The zero-order chi connectivity index (χ0) is 33.2. The average Bonchev–Trinajstić information content (AvgIpc) is 3.18. The maximum absolute atomic E-state index is 14.2. The third kappa shape index (κ3) is 6.69. The summed E-state index contributed by atoms with van der Waals surface area (Å²) in [7, 11) is 1.75. The predicted molar refractivity (Wildman–Crippen MR) is 174 cm³/mol. The number of ether oxygens (including phenoxy) is 1. The van der Waals surface area contributed by atoms with E-state index in [1.165, 1.54) is 6.07 Å². The van der Waals surface area contributed by atoms with Crippen molar-refractivity contribution in [2.24, 2.45) is 5.41 Å². The molecule has 10 heteroatoms. The fourth-order valence-corrected chi connectivity index (χ4v) is 6.53. The molecule has 0 spiro atoms. The molecule has 2 saturated heterocycles. The summed E-state index contributed by atoms with van der Waals surface area (Å²) >= 11 is 0. The minimum absolute atomic E-state index is 0.137. The number of carbonyl (C=O) groups excluding carboxylic acids is 1. The molecule has 0 aromatic heterocycles. The van der Waals surface area contributed by atoms with Crippen LogP contribution in [0.1, 0.15) is 42.9 Å². The van der Waals surface area contributed by atoms with E-state index in [4.69, 9.17) is 9.84 Å². The summed E-state index contributed by atoms with van der Waals surface area (Å²) in [5, 5.41) is 12.9. The number of nitrogens with one attached hydrogen (secondary N) is 1. The van der Waals surface area contributed by atoms with Gasteiger partial charge in [-0.25, -0.2) is 0 Å². The number of amides is 1. The number of fused-ring (bicyclic) bond motifs is 2. The lowest BCUT2D eigenvalue weighted by molar-refractivity contribution is -0.140. The normalized spacial score (nSPS) is 20.7. The molecule has 6 rings (SSSR count). The first-order valence-electron chi connectivity index (χ1n) is 15.5. The Hall–Kier alpha value is -4.15. The smallest absolute Gasteiger partial charge is 0.417 e. The number of alkyl halides is 3. The third-order valence-electron chi connectivity index (χ3n) is 9.38. The van der Waals surface area contributed by atoms with Crippen molar-refractivity contribution in [3.63, 3.8) is 0 Å². The number of benzene rings is 3. The van der Waals surface area contributed by atoms with Crippen molar-refractivity contribution < 1.29 is 32.6 Å². The van der Waals surface area contributed by atoms with Gasteiger partial charge in [-0.1, -0.05) is 68.1 Å². The van der Waals surface area contributed by atoms with E-state index in [1.54, 1.807) is 42.3 Å². The largest absolute Gasteiger partial charge is 0.480 e. The number of likely N-dealkylation sites (N-methyl/N-ethyl adjacent to an activating group) is 1. The van der Waals surface area contributed by atoms with Crippen LogP contribution in [0.3, 0.4) is 0 Å². The molecule has 2 fully saturated rings. The topological polar surface area (TPSA) is 82.1 Å². The van der Waals surface area contributed by atoms with E-state index in [1.807, 2.05) is 38.1 Å². The zero-order valence-corrected chi connectivity index (χ0v) is 26.4. The molecule has 0 bridgehead atoms. The van der Waals surface area contributed by atoms with Gasteiger partial charge in [0.1, 0.15) is 6.54 Å². The molecule has 3 aromatic carbocycles. The lowest BCUT2D eigenvalue weighted by Gasteiger charge is -2.37. The van der Waals surface area contributed by atoms with Gasteiger partial charge in [-0.15, -0.1) is 0 Å². The minimum atomic E-state index is -4.50. The van der Waals surface area contributed by atoms with Crippen LogP contribution in [-0.4, -0.2) is 74.0 Å². The molecule has 1 amide bonds. The van der Waals surface area contributed by atoms with Gasteiger partial charge < -0.3 is 20.1 Å². The number of carbonyl (C=O) groups is 2. The van der Waals surface area contributed by atoms with Crippen LogP contribution in [0, 0.1) is 12.3 Å². The number of anilines is 1. The Morgan fingerprint density at radius 1 is 1.00 bits per heavy atom. The third-order valence-corrected chi connectivity index (χ3v) is 9.38. The molecule has 0 saturated carbocycles. The van der Waals surface area contributed by atoms with E-state index in [-0.39, 0.29) is 23.6 Å². The SMILES string of the molecule is C=C1C(c2cccc3c(C)cccc23)=C(C(F)(F)F)c2ccccc2N1C.CC1(C(=O)NCC(=O)O)CCCN(C2COC2)CC1. The van der Waals surface area contributed by atoms with Crippen molar-refractivity contribution >= 4 is 39.5 Å². The van der Waals surface area contributed by atoms with Crippen molar-refractivity contribution in [2.75, 3.05) is 44.8 Å². The minimum Gasteiger partial charge on any atom is -0.480 e. The van der Waals surface area contributed by atoms with E-state index < -0.39 is 23.1 Å². The molecule has 46 heavy (non-hydrogen) atoms. The summed E-state index contributed by atoms with van der Waals surface area (Å²) in [6, 6.07) is 18.3. The van der Waals surface area contributed by atoms with Crippen molar-refractivity contribution in [3.05, 3.63) is 89.6 Å². The quantitative estimate of drug-likeness (QED) is 0.326. The Morgan fingerprint density at radius 2 is 1.67 bits per heavy atom.